The molecule has 1 amide bonds. The summed E-state index contributed by atoms with van der Waals surface area (Å²) in [7, 11) is -4.93. The number of azo groups is 1. The fourth-order valence-corrected chi connectivity index (χ4v) is 2.69. The molecule has 0 aliphatic carbocycles. The first kappa shape index (κ1) is 25.8. The molecule has 0 radical (unpaired) electrons. The molecule has 0 aliphatic rings. The Morgan fingerprint density at radius 2 is 1.77 bits per heavy atom. The van der Waals surface area contributed by atoms with Gasteiger partial charge in [0, 0.05) is 16.8 Å². The largest absolute Gasteiger partial charge is 1.00 e. The molecule has 0 aliphatic heterocycles. The van der Waals surface area contributed by atoms with Crippen LogP contribution in [-0.2, 0) is 19.7 Å². The maximum atomic E-state index is 12.3. The molecule has 2 aromatic rings. The third-order valence-electron chi connectivity index (χ3n) is 3.46. The Bertz CT molecular complexity index is 1110. The maximum absolute atomic E-state index is 12.3. The van der Waals surface area contributed by atoms with Crippen molar-refractivity contribution in [1.29, 1.82) is 0 Å². The van der Waals surface area contributed by atoms with Gasteiger partial charge in [0.25, 0.3) is 11.6 Å². The van der Waals surface area contributed by atoms with Crippen molar-refractivity contribution >= 4 is 50.5 Å². The van der Waals surface area contributed by atoms with Crippen molar-refractivity contribution in [3.05, 3.63) is 57.6 Å². The standard InChI is InChI=1S/C16H13ClN4O7S.Na/c1-9(22)15(16(23)18-11-4-2-10(17)3-5-11)20-19-13-7-6-12(29(26,27)28)8-14(13)21(24)25;/h2-8,15H,1H3,(H,18,23)(H,26,27,28);/q;+1/p-1. The number of carbonyl (C=O) groups excluding carboxylic acids is 2. The number of nitrogens with zero attached hydrogens (tertiary/aromatic N) is 3. The molecule has 30 heavy (non-hydrogen) atoms. The van der Waals surface area contributed by atoms with Crippen molar-refractivity contribution in [3.63, 3.8) is 0 Å². The normalized spacial score (nSPS) is 12.1. The van der Waals surface area contributed by atoms with E-state index in [0.717, 1.165) is 19.1 Å². The molecule has 152 valence electrons. The second-order valence-corrected chi connectivity index (χ2v) is 7.40. The Morgan fingerprint density at radius 1 is 1.17 bits per heavy atom. The minimum absolute atomic E-state index is 0. The first-order valence-corrected chi connectivity index (χ1v) is 9.49. The number of hydrogen-bond donors (Lipinski definition) is 1. The summed E-state index contributed by atoms with van der Waals surface area (Å²) in [5.41, 5.74) is -0.934. The summed E-state index contributed by atoms with van der Waals surface area (Å²) >= 11 is 5.75. The van der Waals surface area contributed by atoms with E-state index in [2.05, 4.69) is 15.5 Å². The zero-order chi connectivity index (χ0) is 21.8. The van der Waals surface area contributed by atoms with Crippen molar-refractivity contribution < 1.29 is 57.0 Å². The number of ketones is 1. The number of benzene rings is 2. The van der Waals surface area contributed by atoms with E-state index in [1.54, 1.807) is 0 Å². The summed E-state index contributed by atoms with van der Waals surface area (Å²) in [6.45, 7) is 1.08. The molecule has 0 aromatic heterocycles. The zero-order valence-electron chi connectivity index (χ0n) is 15.6. The summed E-state index contributed by atoms with van der Waals surface area (Å²) in [5, 5.41) is 21.1. The van der Waals surface area contributed by atoms with Gasteiger partial charge in [0.05, 0.1) is 9.82 Å². The molecule has 11 nitrogen and oxygen atoms in total. The number of rotatable bonds is 7. The Hall–Kier alpha value is -2.22. The molecule has 0 spiro atoms. The van der Waals surface area contributed by atoms with Crippen molar-refractivity contribution in [3.8, 4) is 0 Å². The molecule has 1 atom stereocenters. The van der Waals surface area contributed by atoms with Crippen LogP contribution in [0.25, 0.3) is 0 Å². The minimum atomic E-state index is -4.93. The van der Waals surface area contributed by atoms with Gasteiger partial charge in [-0.05, 0) is 43.3 Å². The summed E-state index contributed by atoms with van der Waals surface area (Å²) in [6, 6.07) is 6.58. The van der Waals surface area contributed by atoms with Gasteiger partial charge in [-0.25, -0.2) is 8.42 Å². The van der Waals surface area contributed by atoms with Gasteiger partial charge in [-0.2, -0.15) is 5.11 Å². The van der Waals surface area contributed by atoms with Crippen LogP contribution in [0.3, 0.4) is 0 Å². The molecule has 2 rings (SSSR count). The van der Waals surface area contributed by atoms with Crippen molar-refractivity contribution in [2.45, 2.75) is 17.9 Å². The van der Waals surface area contributed by atoms with Crippen LogP contribution in [0.4, 0.5) is 17.1 Å². The summed E-state index contributed by atoms with van der Waals surface area (Å²) in [6.07, 6.45) is 0. The van der Waals surface area contributed by atoms with Gasteiger partial charge in [-0.3, -0.25) is 19.7 Å². The van der Waals surface area contributed by atoms with Crippen molar-refractivity contribution in [2.24, 2.45) is 10.2 Å². The molecule has 14 heteroatoms. The molecule has 1 N–H and O–H groups in total. The number of carbonyl (C=O) groups is 2. The predicted octanol–water partition coefficient (Wildman–Crippen LogP) is -0.164. The molecule has 0 saturated carbocycles. The quantitative estimate of drug-likeness (QED) is 0.148. The van der Waals surface area contributed by atoms with Gasteiger partial charge in [-0.1, -0.05) is 11.6 Å². The first-order valence-electron chi connectivity index (χ1n) is 7.71. The van der Waals surface area contributed by atoms with Crippen molar-refractivity contribution in [1.82, 2.24) is 0 Å². The van der Waals surface area contributed by atoms with Crippen LogP contribution in [0.5, 0.6) is 0 Å². The van der Waals surface area contributed by atoms with Gasteiger partial charge in [0.15, 0.2) is 11.5 Å². The molecular weight excluding hydrogens is 451 g/mol. The van der Waals surface area contributed by atoms with E-state index in [0.29, 0.717) is 16.8 Å². The van der Waals surface area contributed by atoms with Crippen LogP contribution < -0.4 is 34.9 Å². The van der Waals surface area contributed by atoms with Crippen LogP contribution in [0.1, 0.15) is 6.92 Å². The zero-order valence-corrected chi connectivity index (χ0v) is 19.2. The first-order chi connectivity index (χ1) is 13.5. The topological polar surface area (TPSA) is 171 Å². The smallest absolute Gasteiger partial charge is 0.744 e. The number of hydrogen-bond acceptors (Lipinski definition) is 9. The molecule has 2 aromatic carbocycles. The van der Waals surface area contributed by atoms with E-state index in [4.69, 9.17) is 11.6 Å². The van der Waals surface area contributed by atoms with Gasteiger partial charge in [0.2, 0.25) is 6.04 Å². The summed E-state index contributed by atoms with van der Waals surface area (Å²) in [5.74, 6) is -1.54. The molecule has 0 saturated heterocycles. The van der Waals surface area contributed by atoms with Crippen LogP contribution in [0.2, 0.25) is 5.02 Å². The van der Waals surface area contributed by atoms with Crippen molar-refractivity contribution in [2.75, 3.05) is 5.32 Å². The van der Waals surface area contributed by atoms with E-state index in [9.17, 15) is 32.7 Å². The molecular formula is C16H12ClN4NaO7S. The molecule has 0 heterocycles. The molecule has 1 unspecified atom stereocenters. The Morgan fingerprint density at radius 3 is 2.27 bits per heavy atom. The van der Waals surface area contributed by atoms with Gasteiger partial charge in [-0.15, -0.1) is 5.11 Å². The van der Waals surface area contributed by atoms with Crippen LogP contribution >= 0.6 is 11.6 Å². The van der Waals surface area contributed by atoms with Gasteiger partial charge in [0.1, 0.15) is 10.1 Å². The second kappa shape index (κ2) is 10.7. The number of halogens is 1. The summed E-state index contributed by atoms with van der Waals surface area (Å²) < 4.78 is 33.1. The average molecular weight is 463 g/mol. The number of Topliss-reactive ketones (excluding diaryl/α,β-unsaturated/α-hetero) is 1. The van der Waals surface area contributed by atoms with E-state index < -0.39 is 49.0 Å². The molecule has 0 fully saturated rings. The van der Waals surface area contributed by atoms with E-state index in [1.165, 1.54) is 24.3 Å². The number of nitro benzene ring substituents is 1. The number of nitrogens with one attached hydrogen (secondary N) is 1. The summed E-state index contributed by atoms with van der Waals surface area (Å²) in [4.78, 5) is 33.4. The third-order valence-corrected chi connectivity index (χ3v) is 4.54. The van der Waals surface area contributed by atoms with E-state index in [-0.39, 0.29) is 29.6 Å². The van der Waals surface area contributed by atoms with Gasteiger partial charge >= 0.3 is 29.6 Å². The number of anilines is 1. The van der Waals surface area contributed by atoms with Crippen LogP contribution in [-0.4, -0.2) is 35.6 Å². The van der Waals surface area contributed by atoms with E-state index >= 15 is 0 Å². The molecule has 0 bridgehead atoms. The SMILES string of the molecule is CC(=O)C(N=Nc1ccc(S(=O)(=O)[O-])cc1[N+](=O)[O-])C(=O)Nc1ccc(Cl)cc1.[Na+]. The average Bonchev–Trinajstić information content (AvgIpc) is 2.62. The van der Waals surface area contributed by atoms with Gasteiger partial charge < -0.3 is 9.87 Å². The second-order valence-electron chi connectivity index (χ2n) is 5.59. The predicted molar refractivity (Wildman–Crippen MR) is 100 cm³/mol. The fourth-order valence-electron chi connectivity index (χ4n) is 2.07. The maximum Gasteiger partial charge on any atom is 1.00 e. The number of amides is 1. The Labute approximate surface area is 197 Å². The Kier molecular flexibility index (Phi) is 9.21. The van der Waals surface area contributed by atoms with Crippen LogP contribution in [0, 0.1) is 10.1 Å². The van der Waals surface area contributed by atoms with E-state index in [1.807, 2.05) is 0 Å². The Balaban J connectivity index is 0.00000450. The monoisotopic (exact) mass is 462 g/mol. The minimum Gasteiger partial charge on any atom is -0.744 e. The third kappa shape index (κ3) is 6.93. The van der Waals surface area contributed by atoms with Crippen LogP contribution in [0.15, 0.2) is 57.6 Å². The fraction of sp³-hybridized carbons (Fsp3) is 0.125. The number of nitro groups is 1.